The number of thiocarbonyl (C=S) groups is 1. The highest BCUT2D eigenvalue weighted by molar-refractivity contribution is 7.80. The molecule has 1 aromatic heterocycles. The van der Waals surface area contributed by atoms with E-state index in [1.54, 1.807) is 13.8 Å². The van der Waals surface area contributed by atoms with Crippen molar-refractivity contribution < 1.29 is 9.21 Å². The van der Waals surface area contributed by atoms with E-state index in [4.69, 9.17) is 22.4 Å². The zero-order chi connectivity index (χ0) is 13.0. The third-order valence-electron chi connectivity index (χ3n) is 2.39. The molecule has 6 heteroatoms. The number of nitrogens with two attached hydrogens (primary N) is 1. The molecule has 1 amide bonds. The zero-order valence-corrected chi connectivity index (χ0v) is 11.1. The molecular weight excluding hydrogens is 238 g/mol. The Morgan fingerprint density at radius 1 is 1.59 bits per heavy atom. The van der Waals surface area contributed by atoms with Crippen LogP contribution in [0.3, 0.4) is 0 Å². The normalized spacial score (nSPS) is 12.2. The van der Waals surface area contributed by atoms with Crippen LogP contribution < -0.4 is 11.1 Å². The minimum Gasteiger partial charge on any atom is -0.436 e. The van der Waals surface area contributed by atoms with Crippen LogP contribution in [0.5, 0.6) is 0 Å². The van der Waals surface area contributed by atoms with E-state index in [9.17, 15) is 4.79 Å². The lowest BCUT2D eigenvalue weighted by molar-refractivity contribution is 0.0907. The molecule has 0 fully saturated rings. The highest BCUT2D eigenvalue weighted by Crippen LogP contribution is 2.10. The van der Waals surface area contributed by atoms with Gasteiger partial charge in [-0.2, -0.15) is 0 Å². The van der Waals surface area contributed by atoms with Crippen LogP contribution in [0.15, 0.2) is 4.42 Å². The monoisotopic (exact) mass is 255 g/mol. The Morgan fingerprint density at radius 3 is 2.65 bits per heavy atom. The summed E-state index contributed by atoms with van der Waals surface area (Å²) in [6, 6.07) is -0.0650. The number of amides is 1. The Kier molecular flexibility index (Phi) is 4.62. The van der Waals surface area contributed by atoms with Crippen LogP contribution >= 0.6 is 12.2 Å². The molecule has 1 unspecified atom stereocenters. The van der Waals surface area contributed by atoms with Crippen molar-refractivity contribution in [2.24, 2.45) is 5.73 Å². The summed E-state index contributed by atoms with van der Waals surface area (Å²) >= 11 is 4.83. The van der Waals surface area contributed by atoms with E-state index >= 15 is 0 Å². The topological polar surface area (TPSA) is 81.1 Å². The molecule has 17 heavy (non-hydrogen) atoms. The van der Waals surface area contributed by atoms with E-state index in [1.165, 1.54) is 0 Å². The quantitative estimate of drug-likeness (QED) is 0.779. The molecule has 1 aromatic rings. The summed E-state index contributed by atoms with van der Waals surface area (Å²) in [5, 5.41) is 2.83. The Labute approximate surface area is 106 Å². The van der Waals surface area contributed by atoms with Crippen LogP contribution in [0.2, 0.25) is 0 Å². The molecule has 3 N–H and O–H groups in total. The second-order valence-corrected chi connectivity index (χ2v) is 4.42. The van der Waals surface area contributed by atoms with Crippen LogP contribution in [0, 0.1) is 13.8 Å². The van der Waals surface area contributed by atoms with Crippen molar-refractivity contribution in [3.8, 4) is 0 Å². The number of nitrogens with one attached hydrogen (secondary N) is 1. The highest BCUT2D eigenvalue weighted by Gasteiger charge is 2.19. The van der Waals surface area contributed by atoms with Crippen LogP contribution in [0.4, 0.5) is 0 Å². The van der Waals surface area contributed by atoms with E-state index in [-0.39, 0.29) is 17.7 Å². The molecule has 5 nitrogen and oxygen atoms in total. The number of nitrogens with zero attached hydrogens (tertiary/aromatic N) is 1. The van der Waals surface area contributed by atoms with Gasteiger partial charge in [-0.1, -0.05) is 19.1 Å². The number of carbonyl (C=O) groups is 1. The number of hydrogen-bond donors (Lipinski definition) is 2. The third kappa shape index (κ3) is 3.81. The van der Waals surface area contributed by atoms with Gasteiger partial charge in [0, 0.05) is 19.4 Å². The van der Waals surface area contributed by atoms with Gasteiger partial charge in [0.25, 0.3) is 5.91 Å². The summed E-state index contributed by atoms with van der Waals surface area (Å²) in [4.78, 5) is 16.3. The third-order valence-corrected chi connectivity index (χ3v) is 2.55. The minimum atomic E-state index is -0.272. The van der Waals surface area contributed by atoms with Crippen LogP contribution in [-0.4, -0.2) is 21.9 Å². The van der Waals surface area contributed by atoms with Gasteiger partial charge >= 0.3 is 0 Å². The summed E-state index contributed by atoms with van der Waals surface area (Å²) in [7, 11) is 0. The largest absolute Gasteiger partial charge is 0.436 e. The fourth-order valence-corrected chi connectivity index (χ4v) is 1.73. The first-order chi connectivity index (χ1) is 7.93. The SMILES string of the molecule is CCC(CC(N)=S)NC(=O)c1oc(C)nc1C. The number of hydrogen-bond acceptors (Lipinski definition) is 4. The first kappa shape index (κ1) is 13.6. The number of aromatic nitrogens is 1. The molecule has 0 aromatic carbocycles. The van der Waals surface area contributed by atoms with Gasteiger partial charge in [-0.25, -0.2) is 4.98 Å². The number of aryl methyl sites for hydroxylation is 2. The van der Waals surface area contributed by atoms with Crippen molar-refractivity contribution in [2.75, 3.05) is 0 Å². The molecule has 94 valence electrons. The zero-order valence-electron chi connectivity index (χ0n) is 10.2. The van der Waals surface area contributed by atoms with E-state index in [0.717, 1.165) is 6.42 Å². The Bertz CT molecular complexity index is 428. The van der Waals surface area contributed by atoms with Crippen LogP contribution in [0.1, 0.15) is 41.9 Å². The minimum absolute atomic E-state index is 0.0650. The summed E-state index contributed by atoms with van der Waals surface area (Å²) in [6.45, 7) is 5.40. The number of oxazole rings is 1. The molecule has 0 saturated carbocycles. The predicted octanol–water partition coefficient (Wildman–Crippen LogP) is 1.48. The first-order valence-corrected chi connectivity index (χ1v) is 5.88. The molecular formula is C11H17N3O2S. The first-order valence-electron chi connectivity index (χ1n) is 5.47. The van der Waals surface area contributed by atoms with Crippen molar-refractivity contribution in [3.05, 3.63) is 17.3 Å². The van der Waals surface area contributed by atoms with Gasteiger partial charge < -0.3 is 15.5 Å². The maximum absolute atomic E-state index is 11.9. The van der Waals surface area contributed by atoms with Gasteiger partial charge in [-0.05, 0) is 13.3 Å². The fraction of sp³-hybridized carbons (Fsp3) is 0.545. The summed E-state index contributed by atoms with van der Waals surface area (Å²) in [5.74, 6) is 0.463. The van der Waals surface area contributed by atoms with Crippen LogP contribution in [0.25, 0.3) is 0 Å². The molecule has 0 aliphatic rings. The van der Waals surface area contributed by atoms with Gasteiger partial charge in [-0.3, -0.25) is 4.79 Å². The molecule has 0 aliphatic heterocycles. The Hall–Kier alpha value is -1.43. The van der Waals surface area contributed by atoms with E-state index in [0.29, 0.717) is 23.0 Å². The maximum Gasteiger partial charge on any atom is 0.289 e. The van der Waals surface area contributed by atoms with E-state index < -0.39 is 0 Å². The lowest BCUT2D eigenvalue weighted by atomic mass is 10.1. The van der Waals surface area contributed by atoms with Crippen molar-refractivity contribution in [1.29, 1.82) is 0 Å². The standard InChI is InChI=1S/C11H17N3O2S/c1-4-8(5-9(12)17)14-11(15)10-6(2)13-7(3)16-10/h8H,4-5H2,1-3H3,(H2,12,17)(H,14,15). The molecule has 0 saturated heterocycles. The van der Waals surface area contributed by atoms with E-state index in [1.807, 2.05) is 6.92 Å². The molecule has 1 heterocycles. The predicted molar refractivity (Wildman–Crippen MR) is 68.9 cm³/mol. The van der Waals surface area contributed by atoms with Crippen molar-refractivity contribution in [2.45, 2.75) is 39.7 Å². The van der Waals surface area contributed by atoms with E-state index in [2.05, 4.69) is 10.3 Å². The van der Waals surface area contributed by atoms with Crippen LogP contribution in [-0.2, 0) is 0 Å². The molecule has 0 aliphatic carbocycles. The molecule has 1 atom stereocenters. The highest BCUT2D eigenvalue weighted by atomic mass is 32.1. The second kappa shape index (κ2) is 5.77. The molecule has 0 spiro atoms. The second-order valence-electron chi connectivity index (χ2n) is 3.90. The van der Waals surface area contributed by atoms with Gasteiger partial charge in [-0.15, -0.1) is 0 Å². The molecule has 1 rings (SSSR count). The maximum atomic E-state index is 11.9. The summed E-state index contributed by atoms with van der Waals surface area (Å²) < 4.78 is 5.24. The number of rotatable bonds is 5. The summed E-state index contributed by atoms with van der Waals surface area (Å²) in [5.41, 5.74) is 6.05. The van der Waals surface area contributed by atoms with Crippen molar-refractivity contribution >= 4 is 23.1 Å². The average Bonchev–Trinajstić information content (AvgIpc) is 2.56. The van der Waals surface area contributed by atoms with Gasteiger partial charge in [0.15, 0.2) is 5.89 Å². The smallest absolute Gasteiger partial charge is 0.289 e. The molecule has 0 bridgehead atoms. The summed E-state index contributed by atoms with van der Waals surface area (Å²) in [6.07, 6.45) is 1.25. The number of carbonyl (C=O) groups excluding carboxylic acids is 1. The molecule has 0 radical (unpaired) electrons. The van der Waals surface area contributed by atoms with Gasteiger partial charge in [0.2, 0.25) is 5.76 Å². The van der Waals surface area contributed by atoms with Crippen molar-refractivity contribution in [3.63, 3.8) is 0 Å². The van der Waals surface area contributed by atoms with Crippen molar-refractivity contribution in [1.82, 2.24) is 10.3 Å². The Morgan fingerprint density at radius 2 is 2.24 bits per heavy atom. The fourth-order valence-electron chi connectivity index (χ4n) is 1.53. The Balaban J connectivity index is 2.70. The average molecular weight is 255 g/mol. The van der Waals surface area contributed by atoms with Gasteiger partial charge in [0.05, 0.1) is 10.7 Å². The lowest BCUT2D eigenvalue weighted by Crippen LogP contribution is -2.37. The lowest BCUT2D eigenvalue weighted by Gasteiger charge is -2.15. The van der Waals surface area contributed by atoms with Gasteiger partial charge in [0.1, 0.15) is 0 Å².